The predicted molar refractivity (Wildman–Crippen MR) is 212 cm³/mol. The van der Waals surface area contributed by atoms with E-state index in [0.29, 0.717) is 17.5 Å². The lowest BCUT2D eigenvalue weighted by molar-refractivity contribution is 0.00578. The normalized spacial score (nSPS) is 15.4. The van der Waals surface area contributed by atoms with Gasteiger partial charge in [0.1, 0.15) is 11.2 Å². The number of hydrogen-bond acceptors (Lipinski definition) is 6. The molecule has 0 bridgehead atoms. The molecule has 250 valence electrons. The summed E-state index contributed by atoms with van der Waals surface area (Å²) in [7, 11) is -0.563. The van der Waals surface area contributed by atoms with Gasteiger partial charge in [-0.15, -0.1) is 0 Å². The molecule has 7 heteroatoms. The second kappa shape index (κ2) is 11.3. The van der Waals surface area contributed by atoms with Gasteiger partial charge in [-0.3, -0.25) is 0 Å². The van der Waals surface area contributed by atoms with E-state index >= 15 is 0 Å². The molecule has 1 aliphatic heterocycles. The van der Waals surface area contributed by atoms with Crippen LogP contribution in [0.5, 0.6) is 0 Å². The second-order valence-electron chi connectivity index (χ2n) is 14.6. The summed E-state index contributed by atoms with van der Waals surface area (Å²) in [5.41, 5.74) is 4.06. The van der Waals surface area contributed by atoms with E-state index in [1.54, 1.807) is 0 Å². The van der Waals surface area contributed by atoms with Gasteiger partial charge in [0.15, 0.2) is 17.5 Å². The number of nitrogens with zero attached hydrogens (tertiary/aromatic N) is 3. The molecular formula is C45H34BN3O3. The second-order valence-corrected chi connectivity index (χ2v) is 14.6. The van der Waals surface area contributed by atoms with Crippen LogP contribution in [-0.2, 0) is 9.31 Å². The van der Waals surface area contributed by atoms with Crippen molar-refractivity contribution in [2.45, 2.75) is 38.9 Å². The minimum atomic E-state index is -0.563. The van der Waals surface area contributed by atoms with E-state index in [-0.39, 0.29) is 0 Å². The van der Waals surface area contributed by atoms with E-state index in [1.165, 1.54) is 26.9 Å². The molecule has 0 atom stereocenters. The number of fused-ring (bicyclic) bond motifs is 9. The van der Waals surface area contributed by atoms with Gasteiger partial charge in [0, 0.05) is 32.9 Å². The first-order chi connectivity index (χ1) is 25.3. The molecule has 0 aliphatic carbocycles. The zero-order valence-electron chi connectivity index (χ0n) is 29.3. The van der Waals surface area contributed by atoms with Crippen LogP contribution in [0.15, 0.2) is 138 Å². The third kappa shape index (κ3) is 4.70. The Bertz CT molecular complexity index is 2830. The molecule has 1 fully saturated rings. The van der Waals surface area contributed by atoms with E-state index in [4.69, 9.17) is 28.7 Å². The number of hydrogen-bond donors (Lipinski definition) is 0. The van der Waals surface area contributed by atoms with Crippen molar-refractivity contribution in [3.63, 3.8) is 0 Å². The maximum absolute atomic E-state index is 6.62. The quantitative estimate of drug-likeness (QED) is 0.137. The van der Waals surface area contributed by atoms with Gasteiger partial charge in [-0.2, -0.15) is 0 Å². The lowest BCUT2D eigenvalue weighted by Crippen LogP contribution is -2.41. The lowest BCUT2D eigenvalue weighted by atomic mass is 9.78. The summed E-state index contributed by atoms with van der Waals surface area (Å²) in [5.74, 6) is 1.78. The summed E-state index contributed by atoms with van der Waals surface area (Å²) in [6, 6.07) is 46.0. The fourth-order valence-electron chi connectivity index (χ4n) is 7.60. The van der Waals surface area contributed by atoms with Crippen molar-refractivity contribution in [2.75, 3.05) is 0 Å². The third-order valence-electron chi connectivity index (χ3n) is 11.0. The van der Waals surface area contributed by atoms with Gasteiger partial charge in [0.2, 0.25) is 0 Å². The van der Waals surface area contributed by atoms with Crippen molar-refractivity contribution in [2.24, 2.45) is 0 Å². The minimum Gasteiger partial charge on any atom is -0.456 e. The standard InChI is InChI=1S/C45H34BN3O3/c1-44(2)45(3,4)52-46(51-44)37-22-12-20-34-39-35(21-13-23-38(39)50-40(34)37)43-48-41(27-14-6-5-7-15-27)47-42(49-43)28-24-25-33-31-18-9-8-16-29(31)30-17-10-11-19-32(30)36(33)26-28/h5-26H,1-4H3. The van der Waals surface area contributed by atoms with Crippen molar-refractivity contribution in [1.82, 2.24) is 15.0 Å². The van der Waals surface area contributed by atoms with Crippen LogP contribution >= 0.6 is 0 Å². The molecule has 1 saturated heterocycles. The van der Waals surface area contributed by atoms with Crippen LogP contribution in [0.4, 0.5) is 0 Å². The zero-order valence-corrected chi connectivity index (χ0v) is 29.3. The van der Waals surface area contributed by atoms with E-state index in [9.17, 15) is 0 Å². The molecule has 0 radical (unpaired) electrons. The van der Waals surface area contributed by atoms with Crippen LogP contribution in [0.25, 0.3) is 88.4 Å². The number of furan rings is 1. The molecule has 6 nitrogen and oxygen atoms in total. The van der Waals surface area contributed by atoms with Crippen molar-refractivity contribution in [1.29, 1.82) is 0 Å². The molecule has 3 heterocycles. The van der Waals surface area contributed by atoms with Gasteiger partial charge in [0.25, 0.3) is 0 Å². The number of benzene rings is 7. The van der Waals surface area contributed by atoms with Gasteiger partial charge < -0.3 is 13.7 Å². The van der Waals surface area contributed by atoms with Crippen LogP contribution < -0.4 is 5.46 Å². The maximum Gasteiger partial charge on any atom is 0.498 e. The fourth-order valence-corrected chi connectivity index (χ4v) is 7.60. The summed E-state index contributed by atoms with van der Waals surface area (Å²) in [6.45, 7) is 8.25. The summed E-state index contributed by atoms with van der Waals surface area (Å²) >= 11 is 0. The smallest absolute Gasteiger partial charge is 0.456 e. The Labute approximate surface area is 301 Å². The Kier molecular flexibility index (Phi) is 6.72. The molecule has 0 spiro atoms. The highest BCUT2D eigenvalue weighted by molar-refractivity contribution is 6.65. The first-order valence-electron chi connectivity index (χ1n) is 17.7. The summed E-state index contributed by atoms with van der Waals surface area (Å²) in [5, 5.41) is 9.13. The van der Waals surface area contributed by atoms with Gasteiger partial charge in [0.05, 0.1) is 11.2 Å². The SMILES string of the molecule is CC1(C)OB(c2cccc3c2oc2cccc(-c4nc(-c5ccccc5)nc(-c5ccc6c7ccccc7c7ccccc7c6c5)n4)c23)OC1(C)C. The van der Waals surface area contributed by atoms with Crippen LogP contribution in [-0.4, -0.2) is 33.3 Å². The fraction of sp³-hybridized carbons (Fsp3) is 0.133. The van der Waals surface area contributed by atoms with Gasteiger partial charge in [-0.05, 0) is 72.1 Å². The molecule has 0 N–H and O–H groups in total. The Morgan fingerprint density at radius 2 is 1.00 bits per heavy atom. The number of rotatable bonds is 4. The van der Waals surface area contributed by atoms with Crippen LogP contribution in [0.1, 0.15) is 27.7 Å². The predicted octanol–water partition coefficient (Wildman–Crippen LogP) is 10.5. The Morgan fingerprint density at radius 1 is 0.462 bits per heavy atom. The summed E-state index contributed by atoms with van der Waals surface area (Å²) in [6.07, 6.45) is 0. The highest BCUT2D eigenvalue weighted by atomic mass is 16.7. The molecule has 0 amide bonds. The minimum absolute atomic E-state index is 0.478. The monoisotopic (exact) mass is 675 g/mol. The Morgan fingerprint density at radius 3 is 1.67 bits per heavy atom. The molecule has 7 aromatic carbocycles. The van der Waals surface area contributed by atoms with Crippen molar-refractivity contribution < 1.29 is 13.7 Å². The van der Waals surface area contributed by atoms with Gasteiger partial charge in [-0.1, -0.05) is 121 Å². The molecule has 0 saturated carbocycles. The first kappa shape index (κ1) is 30.9. The third-order valence-corrected chi connectivity index (χ3v) is 11.0. The lowest BCUT2D eigenvalue weighted by Gasteiger charge is -2.32. The van der Waals surface area contributed by atoms with Crippen molar-refractivity contribution in [3.8, 4) is 34.2 Å². The Balaban J connectivity index is 1.19. The molecular weight excluding hydrogens is 641 g/mol. The van der Waals surface area contributed by atoms with Crippen molar-refractivity contribution in [3.05, 3.63) is 133 Å². The maximum atomic E-state index is 6.62. The van der Waals surface area contributed by atoms with Crippen molar-refractivity contribution >= 4 is 66.8 Å². The Hall–Kier alpha value is -5.89. The first-order valence-corrected chi connectivity index (χ1v) is 17.7. The van der Waals surface area contributed by atoms with E-state index in [0.717, 1.165) is 49.5 Å². The molecule has 52 heavy (non-hydrogen) atoms. The van der Waals surface area contributed by atoms with Crippen LogP contribution in [0, 0.1) is 0 Å². The van der Waals surface area contributed by atoms with E-state index in [1.807, 2.05) is 54.6 Å². The summed E-state index contributed by atoms with van der Waals surface area (Å²) in [4.78, 5) is 15.4. The topological polar surface area (TPSA) is 70.3 Å². The molecule has 1 aliphatic rings. The largest absolute Gasteiger partial charge is 0.498 e. The average molecular weight is 676 g/mol. The van der Waals surface area contributed by atoms with Crippen LogP contribution in [0.3, 0.4) is 0 Å². The summed E-state index contributed by atoms with van der Waals surface area (Å²) < 4.78 is 19.5. The molecule has 9 aromatic rings. The number of para-hydroxylation sites is 1. The van der Waals surface area contributed by atoms with E-state index < -0.39 is 18.3 Å². The van der Waals surface area contributed by atoms with E-state index in [2.05, 4.69) is 107 Å². The molecule has 2 aromatic heterocycles. The zero-order chi connectivity index (χ0) is 35.2. The molecule has 0 unspecified atom stereocenters. The molecule has 10 rings (SSSR count). The van der Waals surface area contributed by atoms with Crippen LogP contribution in [0.2, 0.25) is 0 Å². The van der Waals surface area contributed by atoms with Gasteiger partial charge >= 0.3 is 7.12 Å². The highest BCUT2D eigenvalue weighted by Crippen LogP contribution is 2.41. The average Bonchev–Trinajstić information content (AvgIpc) is 3.67. The number of aromatic nitrogens is 3. The van der Waals surface area contributed by atoms with Gasteiger partial charge in [-0.25, -0.2) is 15.0 Å². The highest BCUT2D eigenvalue weighted by Gasteiger charge is 2.52.